The minimum absolute atomic E-state index is 0.0602. The first kappa shape index (κ1) is 25.5. The largest absolute Gasteiger partial charge is 0.493 e. The summed E-state index contributed by atoms with van der Waals surface area (Å²) in [4.78, 5) is 25.9. The third-order valence-corrected chi connectivity index (χ3v) is 6.42. The standard InChI is InChI=1S/C20H25N3O4.C2HF3O2/c1-19(2,12-5-6-15(25-3)16(9-12)26-4)17-22-18(27-23-17)20-8-7-14(24)13(20)10-21-11-20;3-2(4,5)1(6)7/h5-6,9,13,21H,7-8,10-11H2,1-4H3;(H,6,7). The molecule has 1 aliphatic carbocycles. The van der Waals surface area contributed by atoms with E-state index in [0.29, 0.717) is 48.5 Å². The Hall–Kier alpha value is -3.15. The second-order valence-corrected chi connectivity index (χ2v) is 8.73. The molecule has 2 aliphatic rings. The third-order valence-electron chi connectivity index (χ3n) is 6.42. The molecule has 2 fully saturated rings. The smallest absolute Gasteiger partial charge is 0.490 e. The third kappa shape index (κ3) is 4.59. The molecule has 4 rings (SSSR count). The average Bonchev–Trinajstić information content (AvgIpc) is 3.50. The SMILES string of the molecule is COc1ccc(C(C)(C)c2noc(C34CCC(=O)C3CNC4)n2)cc1OC.O=C(O)C(F)(F)F. The second-order valence-electron chi connectivity index (χ2n) is 8.73. The number of Topliss-reactive ketones (excluding diaryl/α,β-unsaturated/α-hetero) is 1. The molecule has 1 saturated carbocycles. The number of benzene rings is 1. The Morgan fingerprint density at radius 2 is 1.88 bits per heavy atom. The summed E-state index contributed by atoms with van der Waals surface area (Å²) in [5.41, 5.74) is 0.159. The van der Waals surface area contributed by atoms with E-state index in [2.05, 4.69) is 10.5 Å². The predicted octanol–water partition coefficient (Wildman–Crippen LogP) is 2.87. The van der Waals surface area contributed by atoms with E-state index in [4.69, 9.17) is 28.9 Å². The minimum Gasteiger partial charge on any atom is -0.493 e. The lowest BCUT2D eigenvalue weighted by molar-refractivity contribution is -0.192. The average molecular weight is 485 g/mol. The number of aliphatic carboxylic acids is 1. The number of hydrogen-bond donors (Lipinski definition) is 2. The van der Waals surface area contributed by atoms with E-state index in [1.165, 1.54) is 0 Å². The van der Waals surface area contributed by atoms with Crippen molar-refractivity contribution in [3.8, 4) is 11.5 Å². The first-order valence-corrected chi connectivity index (χ1v) is 10.5. The molecule has 2 N–H and O–H groups in total. The molecule has 34 heavy (non-hydrogen) atoms. The van der Waals surface area contributed by atoms with Gasteiger partial charge in [-0.15, -0.1) is 0 Å². The van der Waals surface area contributed by atoms with Crippen LogP contribution in [0, 0.1) is 5.92 Å². The molecular formula is C22H26F3N3O6. The zero-order valence-electron chi connectivity index (χ0n) is 19.2. The normalized spacial score (nSPS) is 22.1. The highest BCUT2D eigenvalue weighted by Gasteiger charge is 2.56. The van der Waals surface area contributed by atoms with Crippen molar-refractivity contribution >= 4 is 11.8 Å². The van der Waals surface area contributed by atoms with Crippen LogP contribution in [0.4, 0.5) is 13.2 Å². The number of carbonyl (C=O) groups excluding carboxylic acids is 1. The molecule has 9 nitrogen and oxygen atoms in total. The Kier molecular flexibility index (Phi) is 6.92. The molecule has 1 saturated heterocycles. The molecule has 12 heteroatoms. The first-order valence-electron chi connectivity index (χ1n) is 10.5. The van der Waals surface area contributed by atoms with Gasteiger partial charge < -0.3 is 24.4 Å². The number of hydrogen-bond acceptors (Lipinski definition) is 8. The van der Waals surface area contributed by atoms with Crippen LogP contribution < -0.4 is 14.8 Å². The van der Waals surface area contributed by atoms with E-state index >= 15 is 0 Å². The Labute approximate surface area is 193 Å². The maximum absolute atomic E-state index is 12.2. The molecule has 0 bridgehead atoms. The van der Waals surface area contributed by atoms with Crippen molar-refractivity contribution in [3.63, 3.8) is 0 Å². The van der Waals surface area contributed by atoms with Gasteiger partial charge in [-0.25, -0.2) is 4.79 Å². The van der Waals surface area contributed by atoms with Crippen LogP contribution in [0.1, 0.15) is 44.0 Å². The van der Waals surface area contributed by atoms with Gasteiger partial charge in [0.2, 0.25) is 5.89 Å². The Morgan fingerprint density at radius 3 is 2.47 bits per heavy atom. The zero-order valence-corrected chi connectivity index (χ0v) is 19.2. The van der Waals surface area contributed by atoms with Crippen molar-refractivity contribution in [2.45, 2.75) is 43.7 Å². The molecule has 0 radical (unpaired) electrons. The molecule has 0 amide bonds. The van der Waals surface area contributed by atoms with Crippen molar-refractivity contribution in [1.82, 2.24) is 15.5 Å². The lowest BCUT2D eigenvalue weighted by Gasteiger charge is -2.23. The number of aromatic nitrogens is 2. The molecule has 2 aromatic rings. The molecule has 1 aromatic heterocycles. The maximum atomic E-state index is 12.2. The second kappa shape index (κ2) is 9.24. The van der Waals surface area contributed by atoms with Crippen LogP contribution in [0.25, 0.3) is 0 Å². The van der Waals surface area contributed by atoms with Gasteiger partial charge in [-0.3, -0.25) is 4.79 Å². The highest BCUT2D eigenvalue weighted by Crippen LogP contribution is 2.46. The Bertz CT molecular complexity index is 1070. The van der Waals surface area contributed by atoms with Gasteiger partial charge in [0.25, 0.3) is 0 Å². The first-order chi connectivity index (χ1) is 15.9. The molecule has 2 heterocycles. The number of carboxylic acid groups (broad SMARTS) is 1. The van der Waals surface area contributed by atoms with Crippen molar-refractivity contribution in [3.05, 3.63) is 35.5 Å². The van der Waals surface area contributed by atoms with Crippen LogP contribution in [-0.2, 0) is 20.4 Å². The van der Waals surface area contributed by atoms with Gasteiger partial charge in [0.1, 0.15) is 5.78 Å². The molecule has 2 atom stereocenters. The summed E-state index contributed by atoms with van der Waals surface area (Å²) in [5, 5.41) is 14.7. The molecule has 2 unspecified atom stereocenters. The van der Waals surface area contributed by atoms with E-state index < -0.39 is 17.6 Å². The van der Waals surface area contributed by atoms with E-state index in [1.54, 1.807) is 14.2 Å². The van der Waals surface area contributed by atoms with Crippen LogP contribution in [-0.4, -0.2) is 60.5 Å². The van der Waals surface area contributed by atoms with Crippen molar-refractivity contribution in [2.24, 2.45) is 5.92 Å². The number of ketones is 1. The number of alkyl halides is 3. The number of nitrogens with zero attached hydrogens (tertiary/aromatic N) is 2. The lowest BCUT2D eigenvalue weighted by atomic mass is 9.80. The van der Waals surface area contributed by atoms with Crippen LogP contribution in [0.3, 0.4) is 0 Å². The number of rotatable bonds is 5. The van der Waals surface area contributed by atoms with Gasteiger partial charge in [-0.05, 0) is 38.0 Å². The van der Waals surface area contributed by atoms with Crippen LogP contribution in [0.2, 0.25) is 0 Å². The topological polar surface area (TPSA) is 124 Å². The van der Waals surface area contributed by atoms with E-state index in [0.717, 1.165) is 12.0 Å². The number of nitrogens with one attached hydrogen (secondary N) is 1. The van der Waals surface area contributed by atoms with E-state index in [9.17, 15) is 18.0 Å². The summed E-state index contributed by atoms with van der Waals surface area (Å²) >= 11 is 0. The molecule has 1 aromatic carbocycles. The van der Waals surface area contributed by atoms with Crippen LogP contribution in [0.15, 0.2) is 22.7 Å². The Morgan fingerprint density at radius 1 is 1.24 bits per heavy atom. The zero-order chi connectivity index (χ0) is 25.3. The van der Waals surface area contributed by atoms with Gasteiger partial charge in [0.15, 0.2) is 17.3 Å². The lowest BCUT2D eigenvalue weighted by Crippen LogP contribution is -2.33. The number of ether oxygens (including phenoxy) is 2. The van der Waals surface area contributed by atoms with Crippen molar-refractivity contribution < 1.29 is 41.9 Å². The fourth-order valence-electron chi connectivity index (χ4n) is 4.33. The summed E-state index contributed by atoms with van der Waals surface area (Å²) in [7, 11) is 3.23. The number of methoxy groups -OCH3 is 2. The van der Waals surface area contributed by atoms with Crippen LogP contribution in [0.5, 0.6) is 11.5 Å². The molecule has 1 aliphatic heterocycles. The summed E-state index contributed by atoms with van der Waals surface area (Å²) in [6, 6.07) is 5.79. The number of carboxylic acids is 1. The van der Waals surface area contributed by atoms with Crippen molar-refractivity contribution in [2.75, 3.05) is 27.3 Å². The maximum Gasteiger partial charge on any atom is 0.490 e. The highest BCUT2D eigenvalue weighted by atomic mass is 19.4. The number of halogens is 3. The van der Waals surface area contributed by atoms with Gasteiger partial charge in [0.05, 0.1) is 25.0 Å². The molecular weight excluding hydrogens is 459 g/mol. The molecule has 186 valence electrons. The number of fused-ring (bicyclic) bond motifs is 1. The van der Waals surface area contributed by atoms with Gasteiger partial charge in [-0.2, -0.15) is 18.2 Å². The van der Waals surface area contributed by atoms with E-state index in [-0.39, 0.29) is 11.3 Å². The summed E-state index contributed by atoms with van der Waals surface area (Å²) in [6.07, 6.45) is -3.73. The molecule has 0 spiro atoms. The summed E-state index contributed by atoms with van der Waals surface area (Å²) in [6.45, 7) is 5.49. The number of carbonyl (C=O) groups is 2. The monoisotopic (exact) mass is 485 g/mol. The van der Waals surface area contributed by atoms with Crippen LogP contribution >= 0.6 is 0 Å². The summed E-state index contributed by atoms with van der Waals surface area (Å²) in [5.74, 6) is -0.0155. The van der Waals surface area contributed by atoms with Gasteiger partial charge in [-0.1, -0.05) is 11.2 Å². The quantitative estimate of drug-likeness (QED) is 0.658. The van der Waals surface area contributed by atoms with Gasteiger partial charge in [0, 0.05) is 25.4 Å². The highest BCUT2D eigenvalue weighted by molar-refractivity contribution is 5.86. The van der Waals surface area contributed by atoms with E-state index in [1.807, 2.05) is 32.0 Å². The van der Waals surface area contributed by atoms with Crippen molar-refractivity contribution in [1.29, 1.82) is 0 Å². The minimum atomic E-state index is -5.08. The Balaban J connectivity index is 0.000000406. The summed E-state index contributed by atoms with van der Waals surface area (Å²) < 4.78 is 48.2. The fourth-order valence-corrected chi connectivity index (χ4v) is 4.33. The predicted molar refractivity (Wildman–Crippen MR) is 112 cm³/mol. The fraction of sp³-hybridized carbons (Fsp3) is 0.545. The van der Waals surface area contributed by atoms with Gasteiger partial charge >= 0.3 is 12.1 Å².